The van der Waals surface area contributed by atoms with Crippen molar-refractivity contribution in [3.63, 3.8) is 0 Å². The van der Waals surface area contributed by atoms with Gasteiger partial charge in [-0.15, -0.1) is 11.3 Å². The van der Waals surface area contributed by atoms with Gasteiger partial charge in [0.05, 0.1) is 5.54 Å². The van der Waals surface area contributed by atoms with Crippen molar-refractivity contribution >= 4 is 29.0 Å². The largest absolute Gasteiger partial charge is 0.317 e. The lowest BCUT2D eigenvalue weighted by atomic mass is 9.99. The van der Waals surface area contributed by atoms with E-state index in [1.165, 1.54) is 9.75 Å². The second kappa shape index (κ2) is 6.71. The number of hydrogen-bond acceptors (Lipinski definition) is 4. The maximum absolute atomic E-state index is 12.9. The summed E-state index contributed by atoms with van der Waals surface area (Å²) in [5.74, 6) is 2.32. The van der Waals surface area contributed by atoms with Gasteiger partial charge >= 0.3 is 0 Å². The standard InChI is InChI=1S/C16H26N2OS2/c1-6-16(5)15(19)18(11(3)10-20-7-2)14(17-16)13-9-8-12(4)21-13/h8-9,11,14,17H,6-7,10H2,1-5H3. The van der Waals surface area contributed by atoms with Crippen LogP contribution in [0.4, 0.5) is 0 Å². The Hall–Kier alpha value is -0.520. The zero-order chi connectivity index (χ0) is 15.6. The first kappa shape index (κ1) is 16.8. The average molecular weight is 327 g/mol. The molecule has 2 rings (SSSR count). The molecule has 0 aliphatic carbocycles. The Morgan fingerprint density at radius 2 is 2.19 bits per heavy atom. The van der Waals surface area contributed by atoms with E-state index in [1.807, 2.05) is 18.7 Å². The Bertz CT molecular complexity index is 502. The Balaban J connectivity index is 2.29. The summed E-state index contributed by atoms with van der Waals surface area (Å²) in [4.78, 5) is 17.5. The van der Waals surface area contributed by atoms with E-state index in [2.05, 4.69) is 50.0 Å². The number of thioether (sulfide) groups is 1. The van der Waals surface area contributed by atoms with E-state index in [-0.39, 0.29) is 18.1 Å². The van der Waals surface area contributed by atoms with Crippen molar-refractivity contribution in [3.8, 4) is 0 Å². The molecule has 3 nitrogen and oxygen atoms in total. The molecule has 3 unspecified atom stereocenters. The molecular formula is C16H26N2OS2. The van der Waals surface area contributed by atoms with Gasteiger partial charge in [0.25, 0.3) is 0 Å². The summed E-state index contributed by atoms with van der Waals surface area (Å²) in [6.07, 6.45) is 0.838. The molecule has 3 atom stereocenters. The zero-order valence-corrected chi connectivity index (χ0v) is 15.2. The number of aryl methyl sites for hydroxylation is 1. The summed E-state index contributed by atoms with van der Waals surface area (Å²) in [6, 6.07) is 4.53. The second-order valence-electron chi connectivity index (χ2n) is 5.90. The number of hydrogen-bond donors (Lipinski definition) is 1. The van der Waals surface area contributed by atoms with Crippen LogP contribution in [0.15, 0.2) is 12.1 Å². The van der Waals surface area contributed by atoms with E-state index in [4.69, 9.17) is 0 Å². The lowest BCUT2D eigenvalue weighted by molar-refractivity contribution is -0.134. The molecule has 1 aliphatic heterocycles. The lowest BCUT2D eigenvalue weighted by Gasteiger charge is -2.29. The van der Waals surface area contributed by atoms with Gasteiger partial charge in [0.2, 0.25) is 5.91 Å². The van der Waals surface area contributed by atoms with Gasteiger partial charge in [-0.1, -0.05) is 13.8 Å². The molecule has 1 aliphatic rings. The lowest BCUT2D eigenvalue weighted by Crippen LogP contribution is -2.44. The number of amides is 1. The monoisotopic (exact) mass is 326 g/mol. The van der Waals surface area contributed by atoms with E-state index in [0.717, 1.165) is 17.9 Å². The number of carbonyl (C=O) groups excluding carboxylic acids is 1. The highest BCUT2D eigenvalue weighted by molar-refractivity contribution is 7.99. The molecule has 2 heterocycles. The molecule has 1 amide bonds. The molecule has 1 N–H and O–H groups in total. The Kier molecular flexibility index (Phi) is 5.38. The minimum absolute atomic E-state index is 0.0219. The molecule has 21 heavy (non-hydrogen) atoms. The van der Waals surface area contributed by atoms with Crippen molar-refractivity contribution in [3.05, 3.63) is 21.9 Å². The summed E-state index contributed by atoms with van der Waals surface area (Å²) in [5, 5.41) is 3.58. The van der Waals surface area contributed by atoms with Gasteiger partial charge in [-0.3, -0.25) is 10.1 Å². The topological polar surface area (TPSA) is 32.3 Å². The minimum Gasteiger partial charge on any atom is -0.317 e. The molecule has 0 radical (unpaired) electrons. The maximum Gasteiger partial charge on any atom is 0.244 e. The maximum atomic E-state index is 12.9. The first-order valence-electron chi connectivity index (χ1n) is 7.67. The van der Waals surface area contributed by atoms with Crippen LogP contribution < -0.4 is 5.32 Å². The minimum atomic E-state index is -0.437. The molecule has 5 heteroatoms. The fourth-order valence-electron chi connectivity index (χ4n) is 2.72. The van der Waals surface area contributed by atoms with Crippen LogP contribution in [0.3, 0.4) is 0 Å². The van der Waals surface area contributed by atoms with Crippen LogP contribution >= 0.6 is 23.1 Å². The van der Waals surface area contributed by atoms with E-state index >= 15 is 0 Å². The quantitative estimate of drug-likeness (QED) is 0.863. The molecule has 0 bridgehead atoms. The summed E-state index contributed by atoms with van der Waals surface area (Å²) < 4.78 is 0. The van der Waals surface area contributed by atoms with E-state index in [0.29, 0.717) is 0 Å². The van der Waals surface area contributed by atoms with Crippen molar-refractivity contribution in [2.24, 2.45) is 0 Å². The highest BCUT2D eigenvalue weighted by Crippen LogP contribution is 2.37. The van der Waals surface area contributed by atoms with Gasteiger partial charge < -0.3 is 4.90 Å². The fraction of sp³-hybridized carbons (Fsp3) is 0.688. The number of carbonyl (C=O) groups is 1. The van der Waals surface area contributed by atoms with Crippen LogP contribution in [0.1, 0.15) is 50.0 Å². The van der Waals surface area contributed by atoms with Crippen LogP contribution in [0.2, 0.25) is 0 Å². The number of nitrogens with zero attached hydrogens (tertiary/aromatic N) is 1. The van der Waals surface area contributed by atoms with Crippen LogP contribution in [0.5, 0.6) is 0 Å². The van der Waals surface area contributed by atoms with Gasteiger partial charge in [-0.2, -0.15) is 11.8 Å². The molecule has 0 saturated carbocycles. The van der Waals surface area contributed by atoms with E-state index < -0.39 is 5.54 Å². The summed E-state index contributed by atoms with van der Waals surface area (Å²) in [6.45, 7) is 10.6. The van der Waals surface area contributed by atoms with Crippen LogP contribution in [-0.4, -0.2) is 33.9 Å². The zero-order valence-electron chi connectivity index (χ0n) is 13.6. The van der Waals surface area contributed by atoms with Crippen LogP contribution in [0, 0.1) is 6.92 Å². The van der Waals surface area contributed by atoms with Crippen molar-refractivity contribution in [1.29, 1.82) is 0 Å². The number of thiophene rings is 1. The Morgan fingerprint density at radius 3 is 2.71 bits per heavy atom. The van der Waals surface area contributed by atoms with Gasteiger partial charge in [-0.05, 0) is 45.1 Å². The molecule has 1 aromatic heterocycles. The molecule has 0 spiro atoms. The van der Waals surface area contributed by atoms with Gasteiger partial charge in [0, 0.05) is 21.5 Å². The predicted octanol–water partition coefficient (Wildman–Crippen LogP) is 3.80. The van der Waals surface area contributed by atoms with Gasteiger partial charge in [0.15, 0.2) is 0 Å². The third kappa shape index (κ3) is 3.30. The van der Waals surface area contributed by atoms with Gasteiger partial charge in [0.1, 0.15) is 6.17 Å². The first-order chi connectivity index (χ1) is 9.92. The van der Waals surface area contributed by atoms with Crippen LogP contribution in [-0.2, 0) is 4.79 Å². The normalized spacial score (nSPS) is 27.4. The molecule has 0 aromatic carbocycles. The van der Waals surface area contributed by atoms with Crippen molar-refractivity contribution < 1.29 is 4.79 Å². The molecular weight excluding hydrogens is 300 g/mol. The third-order valence-corrected chi connectivity index (χ3v) is 6.40. The van der Waals surface area contributed by atoms with Gasteiger partial charge in [-0.25, -0.2) is 0 Å². The average Bonchev–Trinajstić information content (AvgIpc) is 3.00. The first-order valence-corrected chi connectivity index (χ1v) is 9.64. The Morgan fingerprint density at radius 1 is 1.48 bits per heavy atom. The third-order valence-electron chi connectivity index (χ3n) is 4.22. The number of rotatable bonds is 6. The van der Waals surface area contributed by atoms with Crippen LogP contribution in [0.25, 0.3) is 0 Å². The SMILES string of the molecule is CCSCC(C)N1C(=O)C(C)(CC)NC1c1ccc(C)s1. The molecule has 1 fully saturated rings. The highest BCUT2D eigenvalue weighted by Gasteiger charge is 2.49. The van der Waals surface area contributed by atoms with Crippen molar-refractivity contribution in [1.82, 2.24) is 10.2 Å². The van der Waals surface area contributed by atoms with E-state index in [9.17, 15) is 4.79 Å². The highest BCUT2D eigenvalue weighted by atomic mass is 32.2. The van der Waals surface area contributed by atoms with Crippen molar-refractivity contribution in [2.75, 3.05) is 11.5 Å². The fourth-order valence-corrected chi connectivity index (χ4v) is 4.39. The van der Waals surface area contributed by atoms with E-state index in [1.54, 1.807) is 11.3 Å². The molecule has 1 aromatic rings. The molecule has 118 valence electrons. The summed E-state index contributed by atoms with van der Waals surface area (Å²) >= 11 is 3.68. The summed E-state index contributed by atoms with van der Waals surface area (Å²) in [7, 11) is 0. The summed E-state index contributed by atoms with van der Waals surface area (Å²) in [5.41, 5.74) is -0.437. The predicted molar refractivity (Wildman–Crippen MR) is 92.9 cm³/mol. The molecule has 1 saturated heterocycles. The smallest absolute Gasteiger partial charge is 0.244 e. The number of nitrogens with one attached hydrogen (secondary N) is 1. The Labute approximate surface area is 136 Å². The second-order valence-corrected chi connectivity index (χ2v) is 8.54. The van der Waals surface area contributed by atoms with Crippen molar-refractivity contribution in [2.45, 2.75) is 58.8 Å².